The van der Waals surface area contributed by atoms with Crippen LogP contribution in [0.4, 0.5) is 0 Å². The molecule has 0 amide bonds. The molecule has 2 heterocycles. The van der Waals surface area contributed by atoms with Crippen molar-refractivity contribution in [2.24, 2.45) is 0 Å². The Bertz CT molecular complexity index is 1170. The molecule has 0 saturated carbocycles. The highest BCUT2D eigenvalue weighted by Crippen LogP contribution is 2.24. The lowest BCUT2D eigenvalue weighted by Crippen LogP contribution is -2.22. The molecule has 0 aliphatic carbocycles. The van der Waals surface area contributed by atoms with E-state index in [9.17, 15) is 4.79 Å². The van der Waals surface area contributed by atoms with E-state index in [-0.39, 0.29) is 5.56 Å². The number of benzene rings is 2. The molecule has 0 aliphatic heterocycles. The van der Waals surface area contributed by atoms with Crippen molar-refractivity contribution < 1.29 is 4.52 Å². The molecule has 0 spiro atoms. The predicted molar refractivity (Wildman–Crippen MR) is 113 cm³/mol. The first-order valence-electron chi connectivity index (χ1n) is 8.79. The summed E-state index contributed by atoms with van der Waals surface area (Å²) in [5.41, 5.74) is 1.57. The van der Waals surface area contributed by atoms with Gasteiger partial charge >= 0.3 is 0 Å². The van der Waals surface area contributed by atoms with E-state index in [0.29, 0.717) is 40.1 Å². The number of aromatic nitrogens is 4. The number of nitrogens with zero attached hydrogens (tertiary/aromatic N) is 4. The summed E-state index contributed by atoms with van der Waals surface area (Å²) in [4.78, 5) is 23.0. The van der Waals surface area contributed by atoms with E-state index in [2.05, 4.69) is 15.1 Å². The summed E-state index contributed by atoms with van der Waals surface area (Å²) in [6, 6.07) is 15.4. The molecule has 0 N–H and O–H groups in total. The molecular formula is C20H18N4O2S2. The Labute approximate surface area is 170 Å². The number of rotatable bonds is 6. The average Bonchev–Trinajstić information content (AvgIpc) is 3.21. The SMILES string of the molecule is CCn1c(SCc2nc(-c3ccc(SC)cc3)no2)nc2ccccc2c1=O. The van der Waals surface area contributed by atoms with E-state index >= 15 is 0 Å². The predicted octanol–water partition coefficient (Wildman–Crippen LogP) is 4.48. The molecule has 0 aliphatic rings. The molecule has 142 valence electrons. The van der Waals surface area contributed by atoms with Gasteiger partial charge in [-0.3, -0.25) is 9.36 Å². The average molecular weight is 411 g/mol. The van der Waals surface area contributed by atoms with Crippen LogP contribution >= 0.6 is 23.5 Å². The van der Waals surface area contributed by atoms with Crippen LogP contribution in [0.15, 0.2) is 67.9 Å². The van der Waals surface area contributed by atoms with Crippen molar-refractivity contribution in [1.29, 1.82) is 0 Å². The van der Waals surface area contributed by atoms with Crippen molar-refractivity contribution in [2.45, 2.75) is 29.3 Å². The molecule has 0 fully saturated rings. The second kappa shape index (κ2) is 8.20. The Balaban J connectivity index is 1.56. The van der Waals surface area contributed by atoms with Crippen molar-refractivity contribution in [3.63, 3.8) is 0 Å². The zero-order valence-corrected chi connectivity index (χ0v) is 17.1. The van der Waals surface area contributed by atoms with Crippen molar-refractivity contribution in [3.8, 4) is 11.4 Å². The Morgan fingerprint density at radius 2 is 1.86 bits per heavy atom. The van der Waals surface area contributed by atoms with Gasteiger partial charge in [-0.15, -0.1) is 11.8 Å². The van der Waals surface area contributed by atoms with Gasteiger partial charge in [0.15, 0.2) is 5.16 Å². The molecule has 8 heteroatoms. The molecular weight excluding hydrogens is 392 g/mol. The Morgan fingerprint density at radius 1 is 1.07 bits per heavy atom. The highest BCUT2D eigenvalue weighted by Gasteiger charge is 2.13. The summed E-state index contributed by atoms with van der Waals surface area (Å²) in [6.45, 7) is 2.49. The highest BCUT2D eigenvalue weighted by molar-refractivity contribution is 7.98. The normalized spacial score (nSPS) is 11.2. The second-order valence-corrected chi connectivity index (χ2v) is 7.81. The molecule has 4 rings (SSSR count). The van der Waals surface area contributed by atoms with Gasteiger partial charge in [0, 0.05) is 17.0 Å². The van der Waals surface area contributed by atoms with Gasteiger partial charge in [-0.2, -0.15) is 4.98 Å². The number of fused-ring (bicyclic) bond motifs is 1. The van der Waals surface area contributed by atoms with Crippen molar-refractivity contribution in [1.82, 2.24) is 19.7 Å². The first-order chi connectivity index (χ1) is 13.7. The summed E-state index contributed by atoms with van der Waals surface area (Å²) in [6.07, 6.45) is 2.04. The minimum Gasteiger partial charge on any atom is -0.338 e. The van der Waals surface area contributed by atoms with Crippen LogP contribution in [-0.4, -0.2) is 25.9 Å². The summed E-state index contributed by atoms with van der Waals surface area (Å²) < 4.78 is 7.06. The van der Waals surface area contributed by atoms with Crippen molar-refractivity contribution in [2.75, 3.05) is 6.26 Å². The summed E-state index contributed by atoms with van der Waals surface area (Å²) >= 11 is 3.11. The maximum absolute atomic E-state index is 12.7. The topological polar surface area (TPSA) is 73.8 Å². The molecule has 6 nitrogen and oxygen atoms in total. The zero-order valence-electron chi connectivity index (χ0n) is 15.5. The first kappa shape index (κ1) is 18.8. The molecule has 0 bridgehead atoms. The van der Waals surface area contributed by atoms with Gasteiger partial charge in [-0.05, 0) is 49.6 Å². The largest absolute Gasteiger partial charge is 0.338 e. The number of hydrogen-bond acceptors (Lipinski definition) is 7. The lowest BCUT2D eigenvalue weighted by Gasteiger charge is -2.10. The van der Waals surface area contributed by atoms with E-state index in [1.54, 1.807) is 22.4 Å². The van der Waals surface area contributed by atoms with Crippen LogP contribution in [-0.2, 0) is 12.3 Å². The third kappa shape index (κ3) is 3.70. The molecule has 0 saturated heterocycles. The molecule has 2 aromatic carbocycles. The minimum atomic E-state index is -0.0318. The third-order valence-electron chi connectivity index (χ3n) is 4.28. The summed E-state index contributed by atoms with van der Waals surface area (Å²) in [5.74, 6) is 1.50. The summed E-state index contributed by atoms with van der Waals surface area (Å²) in [5, 5.41) is 5.34. The lowest BCUT2D eigenvalue weighted by atomic mass is 10.2. The molecule has 2 aromatic heterocycles. The smallest absolute Gasteiger partial charge is 0.262 e. The van der Waals surface area contributed by atoms with Crippen LogP contribution in [0.1, 0.15) is 12.8 Å². The number of para-hydroxylation sites is 1. The van der Waals surface area contributed by atoms with Crippen LogP contribution in [0, 0.1) is 0 Å². The van der Waals surface area contributed by atoms with Crippen LogP contribution in [0.25, 0.3) is 22.3 Å². The zero-order chi connectivity index (χ0) is 19.5. The standard InChI is InChI=1S/C20H18N4O2S2/c1-3-24-19(25)15-6-4-5-7-16(15)21-20(24)28-12-17-22-18(23-26-17)13-8-10-14(27-2)11-9-13/h4-11H,3,12H2,1-2H3. The van der Waals surface area contributed by atoms with Gasteiger partial charge in [0.25, 0.3) is 5.56 Å². The Kier molecular flexibility index (Phi) is 5.50. The van der Waals surface area contributed by atoms with E-state index in [1.165, 1.54) is 16.7 Å². The Hall–Kier alpha value is -2.58. The van der Waals surface area contributed by atoms with Crippen LogP contribution in [0.5, 0.6) is 0 Å². The van der Waals surface area contributed by atoms with Crippen molar-refractivity contribution >= 4 is 34.4 Å². The van der Waals surface area contributed by atoms with E-state index in [0.717, 1.165) is 5.56 Å². The van der Waals surface area contributed by atoms with Crippen LogP contribution in [0.3, 0.4) is 0 Å². The lowest BCUT2D eigenvalue weighted by molar-refractivity contribution is 0.391. The second-order valence-electron chi connectivity index (χ2n) is 5.99. The first-order valence-corrected chi connectivity index (χ1v) is 11.0. The van der Waals surface area contributed by atoms with E-state index in [4.69, 9.17) is 4.52 Å². The van der Waals surface area contributed by atoms with E-state index < -0.39 is 0 Å². The highest BCUT2D eigenvalue weighted by atomic mass is 32.2. The van der Waals surface area contributed by atoms with Gasteiger partial charge in [-0.1, -0.05) is 29.1 Å². The minimum absolute atomic E-state index is 0.0318. The quantitative estimate of drug-likeness (QED) is 0.343. The fraction of sp³-hybridized carbons (Fsp3) is 0.200. The van der Waals surface area contributed by atoms with Gasteiger partial charge < -0.3 is 4.52 Å². The molecule has 0 atom stereocenters. The monoisotopic (exact) mass is 410 g/mol. The fourth-order valence-electron chi connectivity index (χ4n) is 2.83. The Morgan fingerprint density at radius 3 is 2.61 bits per heavy atom. The van der Waals surface area contributed by atoms with Gasteiger partial charge in [0.05, 0.1) is 16.7 Å². The van der Waals surface area contributed by atoms with E-state index in [1.807, 2.05) is 55.6 Å². The van der Waals surface area contributed by atoms with Gasteiger partial charge in [-0.25, -0.2) is 4.98 Å². The number of thioether (sulfide) groups is 2. The van der Waals surface area contributed by atoms with Crippen LogP contribution < -0.4 is 5.56 Å². The fourth-order valence-corrected chi connectivity index (χ4v) is 4.14. The van der Waals surface area contributed by atoms with Gasteiger partial charge in [0.2, 0.25) is 11.7 Å². The van der Waals surface area contributed by atoms with Crippen molar-refractivity contribution in [3.05, 3.63) is 64.8 Å². The van der Waals surface area contributed by atoms with Gasteiger partial charge in [0.1, 0.15) is 0 Å². The van der Waals surface area contributed by atoms with Crippen LogP contribution in [0.2, 0.25) is 0 Å². The number of hydrogen-bond donors (Lipinski definition) is 0. The summed E-state index contributed by atoms with van der Waals surface area (Å²) in [7, 11) is 0. The maximum atomic E-state index is 12.7. The molecule has 0 radical (unpaired) electrons. The maximum Gasteiger partial charge on any atom is 0.262 e. The molecule has 4 aromatic rings. The molecule has 0 unspecified atom stereocenters. The third-order valence-corrected chi connectivity index (χ3v) is 5.99. The molecule has 28 heavy (non-hydrogen) atoms.